The predicted molar refractivity (Wildman–Crippen MR) is 125 cm³/mol. The van der Waals surface area contributed by atoms with E-state index in [2.05, 4.69) is 15.6 Å². The fourth-order valence-corrected chi connectivity index (χ4v) is 3.78. The summed E-state index contributed by atoms with van der Waals surface area (Å²) in [6.45, 7) is 3.90. The number of esters is 1. The molecule has 2 aromatic rings. The van der Waals surface area contributed by atoms with Crippen molar-refractivity contribution in [1.82, 2.24) is 0 Å². The molecule has 31 heavy (non-hydrogen) atoms. The average Bonchev–Trinajstić information content (AvgIpc) is 2.92. The number of anilines is 2. The number of fused-ring (bicyclic) bond motifs is 1. The van der Waals surface area contributed by atoms with Gasteiger partial charge in [-0.15, -0.1) is 0 Å². The van der Waals surface area contributed by atoms with Crippen LogP contribution in [0.1, 0.15) is 20.3 Å². The van der Waals surface area contributed by atoms with Crippen LogP contribution in [0, 0.1) is 0 Å². The summed E-state index contributed by atoms with van der Waals surface area (Å²) >= 11 is 1.32. The molecule has 3 rings (SSSR count). The third kappa shape index (κ3) is 6.36. The number of rotatable bonds is 7. The van der Waals surface area contributed by atoms with Gasteiger partial charge in [0.1, 0.15) is 5.75 Å². The second-order valence-electron chi connectivity index (χ2n) is 6.72. The number of amides is 1. The Balaban J connectivity index is 1.76. The van der Waals surface area contributed by atoms with Crippen LogP contribution in [-0.4, -0.2) is 35.9 Å². The molecule has 1 atom stereocenters. The first-order chi connectivity index (χ1) is 15.0. The lowest BCUT2D eigenvalue weighted by Gasteiger charge is -2.13. The van der Waals surface area contributed by atoms with E-state index >= 15 is 0 Å². The number of thioether (sulfide) groups is 1. The van der Waals surface area contributed by atoms with E-state index < -0.39 is 5.25 Å². The van der Waals surface area contributed by atoms with Crippen LogP contribution < -0.4 is 15.4 Å². The highest BCUT2D eigenvalue weighted by Crippen LogP contribution is 2.32. The second-order valence-corrected chi connectivity index (χ2v) is 8.09. The number of ether oxygens (including phenoxy) is 2. The fraction of sp³-hybridized carbons (Fsp3) is 0.261. The van der Waals surface area contributed by atoms with Gasteiger partial charge in [0.25, 0.3) is 0 Å². The van der Waals surface area contributed by atoms with E-state index in [1.165, 1.54) is 11.8 Å². The van der Waals surface area contributed by atoms with Crippen LogP contribution >= 0.6 is 11.8 Å². The summed E-state index contributed by atoms with van der Waals surface area (Å²) in [4.78, 5) is 29.4. The number of methoxy groups -OCH3 is 1. The van der Waals surface area contributed by atoms with Crippen molar-refractivity contribution in [3.8, 4) is 5.75 Å². The van der Waals surface area contributed by atoms with Crippen LogP contribution in [0.25, 0.3) is 0 Å². The van der Waals surface area contributed by atoms with Crippen molar-refractivity contribution >= 4 is 45.7 Å². The molecule has 0 aromatic heterocycles. The molecule has 0 saturated carbocycles. The summed E-state index contributed by atoms with van der Waals surface area (Å²) in [6, 6.07) is 14.8. The van der Waals surface area contributed by atoms with E-state index in [1.54, 1.807) is 32.2 Å². The summed E-state index contributed by atoms with van der Waals surface area (Å²) in [5, 5.41) is 6.36. The Kier molecular flexibility index (Phi) is 7.72. The summed E-state index contributed by atoms with van der Waals surface area (Å²) in [7, 11) is 1.58. The largest absolute Gasteiger partial charge is 0.497 e. The Labute approximate surface area is 185 Å². The maximum Gasteiger partial charge on any atom is 0.311 e. The molecule has 2 N–H and O–H groups in total. The Hall–Kier alpha value is -3.26. The molecule has 0 saturated heterocycles. The van der Waals surface area contributed by atoms with Crippen molar-refractivity contribution < 1.29 is 19.1 Å². The van der Waals surface area contributed by atoms with E-state index in [1.807, 2.05) is 43.3 Å². The molecule has 162 valence electrons. The van der Waals surface area contributed by atoms with E-state index in [0.717, 1.165) is 11.4 Å². The monoisotopic (exact) mass is 439 g/mol. The molecule has 1 aliphatic heterocycles. The van der Waals surface area contributed by atoms with E-state index in [0.29, 0.717) is 28.8 Å². The lowest BCUT2D eigenvalue weighted by molar-refractivity contribution is -0.142. The first-order valence-electron chi connectivity index (χ1n) is 9.91. The van der Waals surface area contributed by atoms with Crippen molar-refractivity contribution in [2.75, 3.05) is 24.4 Å². The molecule has 7 nitrogen and oxygen atoms in total. The first kappa shape index (κ1) is 22.4. The highest BCUT2D eigenvalue weighted by molar-refractivity contribution is 8.15. The average molecular weight is 440 g/mol. The molecule has 0 fully saturated rings. The highest BCUT2D eigenvalue weighted by atomic mass is 32.2. The first-order valence-corrected chi connectivity index (χ1v) is 10.8. The quantitative estimate of drug-likeness (QED) is 0.606. The van der Waals surface area contributed by atoms with Crippen LogP contribution in [0.3, 0.4) is 0 Å². The third-order valence-corrected chi connectivity index (χ3v) is 5.39. The van der Waals surface area contributed by atoms with Crippen molar-refractivity contribution in [3.63, 3.8) is 0 Å². The number of hydrogen-bond donors (Lipinski definition) is 2. The number of para-hydroxylation sites is 2. The second kappa shape index (κ2) is 10.7. The van der Waals surface area contributed by atoms with Crippen LogP contribution in [0.2, 0.25) is 0 Å². The molecule has 1 heterocycles. The summed E-state index contributed by atoms with van der Waals surface area (Å²) in [6.07, 6.45) is 1.88. The number of carbonyl (C=O) groups excluding carboxylic acids is 2. The maximum atomic E-state index is 12.7. The molecule has 8 heteroatoms. The normalized spacial score (nSPS) is 13.5. The predicted octanol–water partition coefficient (Wildman–Crippen LogP) is 4.75. The van der Waals surface area contributed by atoms with Gasteiger partial charge in [-0.2, -0.15) is 0 Å². The number of carbonyl (C=O) groups is 2. The van der Waals surface area contributed by atoms with Crippen LogP contribution in [0.15, 0.2) is 65.3 Å². The third-order valence-electron chi connectivity index (χ3n) is 4.37. The summed E-state index contributed by atoms with van der Waals surface area (Å²) < 4.78 is 10.3. The van der Waals surface area contributed by atoms with Gasteiger partial charge in [0.15, 0.2) is 0 Å². The Bertz CT molecular complexity index is 1020. The van der Waals surface area contributed by atoms with Gasteiger partial charge >= 0.3 is 5.97 Å². The maximum absolute atomic E-state index is 12.7. The number of hydrogen-bond acceptors (Lipinski definition) is 7. The lowest BCUT2D eigenvalue weighted by atomic mass is 10.2. The van der Waals surface area contributed by atoms with E-state index in [4.69, 9.17) is 9.47 Å². The zero-order chi connectivity index (χ0) is 22.2. The van der Waals surface area contributed by atoms with Gasteiger partial charge in [-0.1, -0.05) is 30.0 Å². The summed E-state index contributed by atoms with van der Waals surface area (Å²) in [5.74, 6) is 0.182. The van der Waals surface area contributed by atoms with E-state index in [-0.39, 0.29) is 18.3 Å². The minimum Gasteiger partial charge on any atom is -0.497 e. The fourth-order valence-electron chi connectivity index (χ4n) is 2.89. The van der Waals surface area contributed by atoms with Crippen molar-refractivity contribution in [2.45, 2.75) is 25.5 Å². The van der Waals surface area contributed by atoms with Gasteiger partial charge in [-0.25, -0.2) is 4.99 Å². The van der Waals surface area contributed by atoms with E-state index in [9.17, 15) is 9.59 Å². The molecular weight excluding hydrogens is 414 g/mol. The van der Waals surface area contributed by atoms with Gasteiger partial charge < -0.3 is 20.1 Å². The highest BCUT2D eigenvalue weighted by Gasteiger charge is 2.20. The molecule has 0 aliphatic carbocycles. The van der Waals surface area contributed by atoms with Crippen molar-refractivity contribution in [2.24, 2.45) is 4.99 Å². The number of aliphatic imine (C=N–C) groups is 1. The molecular formula is C23H25N3O4S. The topological polar surface area (TPSA) is 89.0 Å². The number of nitrogens with zero attached hydrogens (tertiary/aromatic N) is 1. The Morgan fingerprint density at radius 1 is 1.19 bits per heavy atom. The number of benzene rings is 2. The Morgan fingerprint density at radius 2 is 2.00 bits per heavy atom. The van der Waals surface area contributed by atoms with Gasteiger partial charge in [-0.3, -0.25) is 9.59 Å². The molecule has 0 spiro atoms. The molecule has 1 aliphatic rings. The van der Waals surface area contributed by atoms with Gasteiger partial charge in [0, 0.05) is 17.5 Å². The number of nitrogens with one attached hydrogen (secondary N) is 2. The zero-order valence-corrected chi connectivity index (χ0v) is 18.5. The SMILES string of the molecule is CCOC(=O)CC1=CC(SC(C)C(=O)Nc2cccc(OC)c2)=Nc2ccccc2N1. The van der Waals surface area contributed by atoms with Gasteiger partial charge in [-0.05, 0) is 44.2 Å². The zero-order valence-electron chi connectivity index (χ0n) is 17.7. The van der Waals surface area contributed by atoms with Crippen LogP contribution in [-0.2, 0) is 14.3 Å². The lowest BCUT2D eigenvalue weighted by Crippen LogP contribution is -2.23. The van der Waals surface area contributed by atoms with Crippen molar-refractivity contribution in [1.29, 1.82) is 0 Å². The smallest absolute Gasteiger partial charge is 0.311 e. The molecule has 0 radical (unpaired) electrons. The van der Waals surface area contributed by atoms with Gasteiger partial charge in [0.2, 0.25) is 5.91 Å². The summed E-state index contributed by atoms with van der Waals surface area (Å²) in [5.41, 5.74) is 2.85. The molecule has 0 bridgehead atoms. The standard InChI is InChI=1S/C23H25N3O4S/c1-4-30-22(27)14-17-13-21(26-20-11-6-5-10-19(20)24-17)31-15(2)23(28)25-16-8-7-9-18(12-16)29-3/h5-13,15,24H,4,14H2,1-3H3,(H,25,28). The van der Waals surface area contributed by atoms with Crippen LogP contribution in [0.4, 0.5) is 17.1 Å². The molecule has 1 amide bonds. The molecule has 1 unspecified atom stereocenters. The Morgan fingerprint density at radius 3 is 2.77 bits per heavy atom. The minimum atomic E-state index is -0.421. The van der Waals surface area contributed by atoms with Crippen LogP contribution in [0.5, 0.6) is 5.75 Å². The molecule has 2 aromatic carbocycles. The van der Waals surface area contributed by atoms with Gasteiger partial charge in [0.05, 0.1) is 41.8 Å². The minimum absolute atomic E-state index is 0.0894. The van der Waals surface area contributed by atoms with Crippen molar-refractivity contribution in [3.05, 3.63) is 60.3 Å².